The molecule has 5 heteroatoms. The quantitative estimate of drug-likeness (QED) is 0.916. The van der Waals surface area contributed by atoms with E-state index in [0.29, 0.717) is 19.3 Å². The summed E-state index contributed by atoms with van der Waals surface area (Å²) in [6, 6.07) is 4.58. The second-order valence-corrected chi connectivity index (χ2v) is 6.18. The van der Waals surface area contributed by atoms with E-state index in [1.165, 1.54) is 25.9 Å². The Labute approximate surface area is 128 Å². The van der Waals surface area contributed by atoms with Crippen molar-refractivity contribution >= 4 is 21.6 Å². The van der Waals surface area contributed by atoms with E-state index in [9.17, 15) is 0 Å². The minimum absolute atomic E-state index is 0.539. The maximum absolute atomic E-state index is 5.65. The molecule has 0 atom stereocenters. The van der Waals surface area contributed by atoms with Crippen LogP contribution in [0.25, 0.3) is 0 Å². The first kappa shape index (κ1) is 14.0. The molecule has 1 saturated heterocycles. The van der Waals surface area contributed by atoms with E-state index < -0.39 is 0 Å². The summed E-state index contributed by atoms with van der Waals surface area (Å²) in [5.74, 6) is 1.67. The number of benzene rings is 1. The Hall–Kier alpha value is -0.940. The van der Waals surface area contributed by atoms with E-state index >= 15 is 0 Å². The zero-order chi connectivity index (χ0) is 13.9. The maximum atomic E-state index is 5.65. The molecule has 2 aliphatic rings. The normalized spacial score (nSPS) is 19.9. The van der Waals surface area contributed by atoms with Crippen molar-refractivity contribution in [2.75, 3.05) is 38.2 Å². The number of nitrogens with zero attached hydrogens (tertiary/aromatic N) is 1. The van der Waals surface area contributed by atoms with Crippen LogP contribution in [0.1, 0.15) is 19.8 Å². The monoisotopic (exact) mass is 340 g/mol. The van der Waals surface area contributed by atoms with Gasteiger partial charge in [0, 0.05) is 35.7 Å². The van der Waals surface area contributed by atoms with Gasteiger partial charge in [0.2, 0.25) is 0 Å². The first-order valence-corrected chi connectivity index (χ1v) is 8.13. The van der Waals surface area contributed by atoms with Crippen LogP contribution in [-0.4, -0.2) is 43.8 Å². The molecule has 0 aromatic heterocycles. The summed E-state index contributed by atoms with van der Waals surface area (Å²) in [6.07, 6.45) is 2.38. The minimum Gasteiger partial charge on any atom is -0.486 e. The van der Waals surface area contributed by atoms with Crippen molar-refractivity contribution in [3.63, 3.8) is 0 Å². The molecule has 1 aromatic carbocycles. The molecule has 2 aliphatic heterocycles. The van der Waals surface area contributed by atoms with Gasteiger partial charge in [0.1, 0.15) is 13.2 Å². The number of hydrogen-bond donors (Lipinski definition) is 1. The highest BCUT2D eigenvalue weighted by molar-refractivity contribution is 9.10. The SMILES string of the molecule is CCN1CCC(Nc2cc3c(cc2Br)OCCO3)CC1. The van der Waals surface area contributed by atoms with Crippen LogP contribution in [0, 0.1) is 0 Å². The van der Waals surface area contributed by atoms with Crippen LogP contribution in [0.4, 0.5) is 5.69 Å². The van der Waals surface area contributed by atoms with E-state index in [4.69, 9.17) is 9.47 Å². The van der Waals surface area contributed by atoms with Crippen molar-refractivity contribution in [1.29, 1.82) is 0 Å². The number of rotatable bonds is 3. The molecule has 0 bridgehead atoms. The molecule has 0 unspecified atom stereocenters. The number of fused-ring (bicyclic) bond motifs is 1. The third kappa shape index (κ3) is 3.04. The predicted molar refractivity (Wildman–Crippen MR) is 83.9 cm³/mol. The molecule has 2 heterocycles. The van der Waals surface area contributed by atoms with Gasteiger partial charge in [0.05, 0.1) is 5.69 Å². The first-order valence-electron chi connectivity index (χ1n) is 7.34. The largest absolute Gasteiger partial charge is 0.486 e. The van der Waals surface area contributed by atoms with Crippen LogP contribution in [0.2, 0.25) is 0 Å². The summed E-state index contributed by atoms with van der Waals surface area (Å²) in [5.41, 5.74) is 1.10. The van der Waals surface area contributed by atoms with Gasteiger partial charge in [-0.25, -0.2) is 0 Å². The zero-order valence-electron chi connectivity index (χ0n) is 11.8. The summed E-state index contributed by atoms with van der Waals surface area (Å²) in [5, 5.41) is 3.63. The number of halogens is 1. The lowest BCUT2D eigenvalue weighted by Crippen LogP contribution is -2.38. The van der Waals surface area contributed by atoms with Crippen LogP contribution in [0.3, 0.4) is 0 Å². The summed E-state index contributed by atoms with van der Waals surface area (Å²) < 4.78 is 12.3. The van der Waals surface area contributed by atoms with Crippen molar-refractivity contribution in [2.45, 2.75) is 25.8 Å². The number of nitrogens with one attached hydrogen (secondary N) is 1. The van der Waals surface area contributed by atoms with Gasteiger partial charge < -0.3 is 19.7 Å². The molecule has 110 valence electrons. The average Bonchev–Trinajstić information content (AvgIpc) is 2.49. The standard InChI is InChI=1S/C15H21BrN2O2/c1-2-18-5-3-11(4-6-18)17-13-10-15-14(9-12(13)16)19-7-8-20-15/h9-11,17H,2-8H2,1H3. The Morgan fingerprint density at radius 1 is 1.20 bits per heavy atom. The molecular weight excluding hydrogens is 320 g/mol. The molecule has 0 spiro atoms. The van der Waals surface area contributed by atoms with Crippen LogP contribution < -0.4 is 14.8 Å². The highest BCUT2D eigenvalue weighted by atomic mass is 79.9. The minimum atomic E-state index is 0.539. The van der Waals surface area contributed by atoms with E-state index in [-0.39, 0.29) is 0 Å². The third-order valence-corrected chi connectivity index (χ3v) is 4.68. The Kier molecular flexibility index (Phi) is 4.36. The van der Waals surface area contributed by atoms with Crippen LogP contribution >= 0.6 is 15.9 Å². The van der Waals surface area contributed by atoms with Gasteiger partial charge in [0.25, 0.3) is 0 Å². The molecule has 0 amide bonds. The highest BCUT2D eigenvalue weighted by Gasteiger charge is 2.20. The molecule has 0 saturated carbocycles. The van der Waals surface area contributed by atoms with E-state index in [0.717, 1.165) is 28.2 Å². The fraction of sp³-hybridized carbons (Fsp3) is 0.600. The smallest absolute Gasteiger partial charge is 0.163 e. The first-order chi connectivity index (χ1) is 9.76. The fourth-order valence-electron chi connectivity index (χ4n) is 2.79. The van der Waals surface area contributed by atoms with Crippen molar-refractivity contribution < 1.29 is 9.47 Å². The van der Waals surface area contributed by atoms with Gasteiger partial charge in [-0.15, -0.1) is 0 Å². The van der Waals surface area contributed by atoms with Gasteiger partial charge in [-0.05, 0) is 35.3 Å². The molecule has 1 aromatic rings. The van der Waals surface area contributed by atoms with Crippen molar-refractivity contribution in [1.82, 2.24) is 4.90 Å². The number of hydrogen-bond acceptors (Lipinski definition) is 4. The van der Waals surface area contributed by atoms with E-state index in [1.54, 1.807) is 0 Å². The lowest BCUT2D eigenvalue weighted by molar-refractivity contribution is 0.171. The average molecular weight is 341 g/mol. The van der Waals surface area contributed by atoms with Gasteiger partial charge >= 0.3 is 0 Å². The lowest BCUT2D eigenvalue weighted by Gasteiger charge is -2.32. The summed E-state index contributed by atoms with van der Waals surface area (Å²) in [6.45, 7) is 6.99. The number of likely N-dealkylation sites (tertiary alicyclic amines) is 1. The molecule has 4 nitrogen and oxygen atoms in total. The maximum Gasteiger partial charge on any atom is 0.163 e. The molecule has 20 heavy (non-hydrogen) atoms. The second kappa shape index (κ2) is 6.22. The van der Waals surface area contributed by atoms with Gasteiger partial charge in [0.15, 0.2) is 11.5 Å². The highest BCUT2D eigenvalue weighted by Crippen LogP contribution is 2.38. The molecule has 0 aliphatic carbocycles. The second-order valence-electron chi connectivity index (χ2n) is 5.33. The Morgan fingerprint density at radius 3 is 2.50 bits per heavy atom. The Morgan fingerprint density at radius 2 is 1.85 bits per heavy atom. The van der Waals surface area contributed by atoms with Crippen molar-refractivity contribution in [3.05, 3.63) is 16.6 Å². The molecule has 1 N–H and O–H groups in total. The summed E-state index contributed by atoms with van der Waals surface area (Å²) in [7, 11) is 0. The summed E-state index contributed by atoms with van der Waals surface area (Å²) in [4.78, 5) is 2.50. The molecule has 0 radical (unpaired) electrons. The van der Waals surface area contributed by atoms with Gasteiger partial charge in [-0.1, -0.05) is 6.92 Å². The van der Waals surface area contributed by atoms with Crippen LogP contribution in [-0.2, 0) is 0 Å². The van der Waals surface area contributed by atoms with Crippen LogP contribution in [0.5, 0.6) is 11.5 Å². The van der Waals surface area contributed by atoms with E-state index in [1.807, 2.05) is 12.1 Å². The molecular formula is C15H21BrN2O2. The molecule has 3 rings (SSSR count). The predicted octanol–water partition coefficient (Wildman–Crippen LogP) is 3.12. The van der Waals surface area contributed by atoms with Crippen LogP contribution in [0.15, 0.2) is 16.6 Å². The number of ether oxygens (including phenoxy) is 2. The topological polar surface area (TPSA) is 33.7 Å². The van der Waals surface area contributed by atoms with Crippen molar-refractivity contribution in [3.8, 4) is 11.5 Å². The van der Waals surface area contributed by atoms with E-state index in [2.05, 4.69) is 33.1 Å². The lowest BCUT2D eigenvalue weighted by atomic mass is 10.0. The summed E-state index contributed by atoms with van der Waals surface area (Å²) >= 11 is 3.62. The van der Waals surface area contributed by atoms with Gasteiger partial charge in [-0.2, -0.15) is 0 Å². The molecule has 1 fully saturated rings. The Balaban J connectivity index is 1.68. The zero-order valence-corrected chi connectivity index (χ0v) is 13.4. The van der Waals surface area contributed by atoms with Gasteiger partial charge in [-0.3, -0.25) is 0 Å². The number of anilines is 1. The Bertz CT molecular complexity index is 473. The number of piperidine rings is 1. The van der Waals surface area contributed by atoms with Crippen molar-refractivity contribution in [2.24, 2.45) is 0 Å². The fourth-order valence-corrected chi connectivity index (χ4v) is 3.22. The third-order valence-electron chi connectivity index (χ3n) is 4.03.